The molecule has 5 fully saturated rings. The minimum Gasteiger partial charge on any atom is -0.298 e. The molecule has 5 aliphatic rings. The summed E-state index contributed by atoms with van der Waals surface area (Å²) in [6, 6.07) is 3.18. The summed E-state index contributed by atoms with van der Waals surface area (Å²) in [6.07, 6.45) is 7.32. The normalized spacial score (nSPS) is 40.7. The Labute approximate surface area is 169 Å². The topological polar surface area (TPSA) is 6.48 Å². The molecule has 0 aromatic carbocycles. The Hall–Kier alpha value is -0.0800. The van der Waals surface area contributed by atoms with Crippen LogP contribution in [0.1, 0.15) is 87.5 Å². The summed E-state index contributed by atoms with van der Waals surface area (Å²) in [6.45, 7) is 22.9. The number of hydrogen-bond acceptors (Lipinski definition) is 2. The van der Waals surface area contributed by atoms with Gasteiger partial charge in [0.2, 0.25) is 0 Å². The van der Waals surface area contributed by atoms with Crippen molar-refractivity contribution in [2.24, 2.45) is 34.5 Å². The minimum atomic E-state index is 0.442. The van der Waals surface area contributed by atoms with Gasteiger partial charge in [0.1, 0.15) is 0 Å². The van der Waals surface area contributed by atoms with Crippen molar-refractivity contribution in [2.45, 2.75) is 112 Å². The molecule has 0 amide bonds. The molecule has 0 aromatic heterocycles. The highest BCUT2D eigenvalue weighted by molar-refractivity contribution is 5.09. The highest BCUT2D eigenvalue weighted by Crippen LogP contribution is 2.62. The third-order valence-corrected chi connectivity index (χ3v) is 10.3. The van der Waals surface area contributed by atoms with Gasteiger partial charge < -0.3 is 0 Å². The summed E-state index contributed by atoms with van der Waals surface area (Å²) in [5, 5.41) is 0. The molecule has 6 atom stereocenters. The summed E-state index contributed by atoms with van der Waals surface area (Å²) in [5.41, 5.74) is 0.886. The molecule has 156 valence electrons. The van der Waals surface area contributed by atoms with Crippen LogP contribution in [0.25, 0.3) is 0 Å². The molecule has 0 spiro atoms. The number of hydrogen-bond donors (Lipinski definition) is 0. The van der Waals surface area contributed by atoms with Gasteiger partial charge in [-0.05, 0) is 94.3 Å². The van der Waals surface area contributed by atoms with Crippen LogP contribution in [0.15, 0.2) is 0 Å². The van der Waals surface area contributed by atoms with Gasteiger partial charge in [0.15, 0.2) is 0 Å². The van der Waals surface area contributed by atoms with Crippen molar-refractivity contribution in [3.05, 3.63) is 0 Å². The lowest BCUT2D eigenvalue weighted by atomic mass is 9.49. The molecule has 2 heteroatoms. The maximum Gasteiger partial charge on any atom is 0.0104 e. The molecule has 5 rings (SSSR count). The van der Waals surface area contributed by atoms with Crippen LogP contribution >= 0.6 is 0 Å². The highest BCUT2D eigenvalue weighted by Gasteiger charge is 2.58. The summed E-state index contributed by atoms with van der Waals surface area (Å²) >= 11 is 0. The summed E-state index contributed by atoms with van der Waals surface area (Å²) in [5.74, 6) is 3.72. The first-order chi connectivity index (χ1) is 12.5. The van der Waals surface area contributed by atoms with Crippen LogP contribution in [0.5, 0.6) is 0 Å². The molecule has 2 nitrogen and oxygen atoms in total. The lowest BCUT2D eigenvalue weighted by Gasteiger charge is -2.61. The molecule has 3 heterocycles. The van der Waals surface area contributed by atoms with Crippen LogP contribution in [-0.4, -0.2) is 47.1 Å². The zero-order valence-corrected chi connectivity index (χ0v) is 19.5. The molecule has 4 bridgehead atoms. The molecular weight excluding hydrogens is 328 g/mol. The predicted molar refractivity (Wildman–Crippen MR) is 116 cm³/mol. The Bertz CT molecular complexity index is 549. The molecule has 0 radical (unpaired) electrons. The van der Waals surface area contributed by atoms with Gasteiger partial charge in [-0.15, -0.1) is 0 Å². The van der Waals surface area contributed by atoms with Crippen LogP contribution in [0.2, 0.25) is 0 Å². The molecular formula is C25H46N2. The summed E-state index contributed by atoms with van der Waals surface area (Å²) in [4.78, 5) is 5.62. The predicted octanol–water partition coefficient (Wildman–Crippen LogP) is 5.67. The van der Waals surface area contributed by atoms with E-state index < -0.39 is 0 Å². The SMILES string of the molecule is CC(C)N1CC2CCC1CC2C(C)(C)C(C)(C)C1CC2CC1CN2C(C)C. The van der Waals surface area contributed by atoms with Crippen LogP contribution in [-0.2, 0) is 0 Å². The Morgan fingerprint density at radius 2 is 1.11 bits per heavy atom. The van der Waals surface area contributed by atoms with Crippen molar-refractivity contribution in [3.63, 3.8) is 0 Å². The van der Waals surface area contributed by atoms with E-state index in [-0.39, 0.29) is 0 Å². The van der Waals surface area contributed by atoms with Crippen LogP contribution < -0.4 is 0 Å². The Morgan fingerprint density at radius 3 is 1.56 bits per heavy atom. The van der Waals surface area contributed by atoms with E-state index in [4.69, 9.17) is 0 Å². The first kappa shape index (κ1) is 20.2. The zero-order valence-electron chi connectivity index (χ0n) is 19.5. The zero-order chi connectivity index (χ0) is 19.7. The number of rotatable bonds is 5. The fraction of sp³-hybridized carbons (Fsp3) is 1.00. The van der Waals surface area contributed by atoms with Gasteiger partial charge >= 0.3 is 0 Å². The maximum absolute atomic E-state index is 2.83. The van der Waals surface area contributed by atoms with Gasteiger partial charge in [0.05, 0.1) is 0 Å². The van der Waals surface area contributed by atoms with Gasteiger partial charge in [0.25, 0.3) is 0 Å². The fourth-order valence-electron chi connectivity index (χ4n) is 8.13. The third-order valence-electron chi connectivity index (χ3n) is 10.3. The van der Waals surface area contributed by atoms with E-state index in [0.717, 1.165) is 47.8 Å². The van der Waals surface area contributed by atoms with E-state index >= 15 is 0 Å². The molecule has 3 aliphatic heterocycles. The quantitative estimate of drug-likeness (QED) is 0.612. The van der Waals surface area contributed by atoms with Crippen molar-refractivity contribution >= 4 is 0 Å². The molecule has 2 saturated carbocycles. The second kappa shape index (κ2) is 6.73. The Balaban J connectivity index is 1.51. The number of fused-ring (bicyclic) bond motifs is 5. The minimum absolute atomic E-state index is 0.442. The van der Waals surface area contributed by atoms with Gasteiger partial charge in [-0.3, -0.25) is 9.80 Å². The van der Waals surface area contributed by atoms with E-state index in [1.54, 1.807) is 0 Å². The van der Waals surface area contributed by atoms with E-state index in [9.17, 15) is 0 Å². The fourth-order valence-corrected chi connectivity index (χ4v) is 8.13. The second-order valence-electron chi connectivity index (χ2n) is 12.3. The van der Waals surface area contributed by atoms with Gasteiger partial charge in [-0.1, -0.05) is 27.7 Å². The first-order valence-corrected chi connectivity index (χ1v) is 12.1. The van der Waals surface area contributed by atoms with E-state index in [1.165, 1.54) is 45.2 Å². The largest absolute Gasteiger partial charge is 0.298 e. The first-order valence-electron chi connectivity index (χ1n) is 12.1. The smallest absolute Gasteiger partial charge is 0.0104 e. The average Bonchev–Trinajstić information content (AvgIpc) is 3.22. The number of nitrogens with zero attached hydrogens (tertiary/aromatic N) is 2. The van der Waals surface area contributed by atoms with Crippen LogP contribution in [0.3, 0.4) is 0 Å². The number of piperidine rings is 3. The van der Waals surface area contributed by atoms with E-state index in [2.05, 4.69) is 65.2 Å². The van der Waals surface area contributed by atoms with Crippen LogP contribution in [0.4, 0.5) is 0 Å². The van der Waals surface area contributed by atoms with E-state index in [1.807, 2.05) is 0 Å². The molecule has 0 N–H and O–H groups in total. The molecule has 3 saturated heterocycles. The molecule has 6 unspecified atom stereocenters. The van der Waals surface area contributed by atoms with Crippen molar-refractivity contribution in [1.82, 2.24) is 9.80 Å². The summed E-state index contributed by atoms with van der Waals surface area (Å²) in [7, 11) is 0. The lowest BCUT2D eigenvalue weighted by molar-refractivity contribution is -0.118. The monoisotopic (exact) mass is 374 g/mol. The van der Waals surface area contributed by atoms with Gasteiger partial charge in [-0.2, -0.15) is 0 Å². The summed E-state index contributed by atoms with van der Waals surface area (Å²) < 4.78 is 0. The highest BCUT2D eigenvalue weighted by atomic mass is 15.2. The van der Waals surface area contributed by atoms with Crippen LogP contribution in [0, 0.1) is 34.5 Å². The lowest BCUT2D eigenvalue weighted by Crippen LogP contribution is -2.60. The number of likely N-dealkylation sites (tertiary alicyclic amines) is 1. The van der Waals surface area contributed by atoms with Gasteiger partial charge in [0, 0.05) is 37.3 Å². The maximum atomic E-state index is 2.83. The second-order valence-corrected chi connectivity index (χ2v) is 12.3. The Morgan fingerprint density at radius 1 is 0.630 bits per heavy atom. The average molecular weight is 375 g/mol. The van der Waals surface area contributed by atoms with Crippen molar-refractivity contribution in [2.75, 3.05) is 13.1 Å². The standard InChI is InChI=1S/C25H46N2/c1-16(2)26-14-18-9-10-20(26)12-22(18)24(5,6)25(7,8)23-13-21-11-19(23)15-27(21)17(3)4/h16-23H,9-15H2,1-8H3. The third kappa shape index (κ3) is 3.03. The van der Waals surface area contributed by atoms with E-state index in [0.29, 0.717) is 10.8 Å². The van der Waals surface area contributed by atoms with Crippen molar-refractivity contribution in [1.29, 1.82) is 0 Å². The van der Waals surface area contributed by atoms with Gasteiger partial charge in [-0.25, -0.2) is 0 Å². The molecule has 2 aliphatic carbocycles. The Kier molecular flexibility index (Phi) is 5.03. The molecule has 0 aromatic rings. The van der Waals surface area contributed by atoms with Crippen molar-refractivity contribution < 1.29 is 0 Å². The molecule has 27 heavy (non-hydrogen) atoms. The van der Waals surface area contributed by atoms with Crippen molar-refractivity contribution in [3.8, 4) is 0 Å².